The Morgan fingerprint density at radius 3 is 2.61 bits per heavy atom. The molecule has 0 aromatic heterocycles. The van der Waals surface area contributed by atoms with Gasteiger partial charge >= 0.3 is 0 Å². The number of carbonyl (C=O) groups is 1. The van der Waals surface area contributed by atoms with E-state index in [4.69, 9.17) is 21.1 Å². The summed E-state index contributed by atoms with van der Waals surface area (Å²) in [6.07, 6.45) is 1.76. The second kappa shape index (κ2) is 10.6. The van der Waals surface area contributed by atoms with Crippen molar-refractivity contribution in [2.45, 2.75) is 13.5 Å². The smallest absolute Gasteiger partial charge is 0.264 e. The predicted octanol–water partition coefficient (Wildman–Crippen LogP) is 6.35. The molecule has 1 N–H and O–H groups in total. The zero-order valence-corrected chi connectivity index (χ0v) is 19.3. The van der Waals surface area contributed by atoms with Gasteiger partial charge in [0.2, 0.25) is 0 Å². The average Bonchev–Trinajstić information content (AvgIpc) is 3.14. The highest BCUT2D eigenvalue weighted by Crippen LogP contribution is 2.33. The normalized spacial score (nSPS) is 15.7. The maximum absolute atomic E-state index is 13.1. The first-order chi connectivity index (χ1) is 16.0. The number of ether oxygens (including phenoxy) is 2. The number of halogens is 2. The minimum Gasteiger partial charge on any atom is -0.490 e. The summed E-state index contributed by atoms with van der Waals surface area (Å²) < 4.78 is 24.8. The summed E-state index contributed by atoms with van der Waals surface area (Å²) in [4.78, 5) is 17.2. The van der Waals surface area contributed by atoms with Gasteiger partial charge in [-0.2, -0.15) is 0 Å². The minimum atomic E-state index is -0.341. The molecular weight excluding hydrogens is 463 g/mol. The number of nitrogens with one attached hydrogen (secondary N) is 1. The Bertz CT molecular complexity index is 1230. The van der Waals surface area contributed by atoms with Gasteiger partial charge in [0, 0.05) is 10.6 Å². The van der Waals surface area contributed by atoms with Crippen LogP contribution in [0, 0.1) is 5.82 Å². The lowest BCUT2D eigenvalue weighted by Crippen LogP contribution is -2.19. The lowest BCUT2D eigenvalue weighted by Gasteiger charge is -2.13. The van der Waals surface area contributed by atoms with Crippen molar-refractivity contribution >= 4 is 46.2 Å². The van der Waals surface area contributed by atoms with Gasteiger partial charge in [0.15, 0.2) is 16.7 Å². The summed E-state index contributed by atoms with van der Waals surface area (Å²) >= 11 is 7.42. The van der Waals surface area contributed by atoms with Gasteiger partial charge in [0.25, 0.3) is 5.91 Å². The Kier molecular flexibility index (Phi) is 7.32. The van der Waals surface area contributed by atoms with E-state index in [0.717, 1.165) is 11.1 Å². The molecule has 0 saturated carbocycles. The van der Waals surface area contributed by atoms with E-state index in [9.17, 15) is 9.18 Å². The largest absolute Gasteiger partial charge is 0.490 e. The number of hydrogen-bond donors (Lipinski definition) is 1. The summed E-state index contributed by atoms with van der Waals surface area (Å²) in [5.41, 5.74) is 2.21. The van der Waals surface area contributed by atoms with Gasteiger partial charge in [-0.1, -0.05) is 35.9 Å². The third kappa shape index (κ3) is 5.94. The predicted molar refractivity (Wildman–Crippen MR) is 131 cm³/mol. The van der Waals surface area contributed by atoms with Gasteiger partial charge in [-0.05, 0) is 72.8 Å². The number of aliphatic imine (C=N–C) groups is 1. The maximum atomic E-state index is 13.1. The third-order valence-corrected chi connectivity index (χ3v) is 5.89. The van der Waals surface area contributed by atoms with Crippen LogP contribution in [0.15, 0.2) is 76.6 Å². The van der Waals surface area contributed by atoms with Crippen LogP contribution in [0.1, 0.15) is 18.1 Å². The average molecular weight is 483 g/mol. The van der Waals surface area contributed by atoms with Crippen molar-refractivity contribution in [1.82, 2.24) is 5.32 Å². The molecule has 0 spiro atoms. The van der Waals surface area contributed by atoms with Crippen LogP contribution in [-0.2, 0) is 11.4 Å². The molecule has 8 heteroatoms. The van der Waals surface area contributed by atoms with E-state index in [1.807, 2.05) is 43.3 Å². The molecule has 0 unspecified atom stereocenters. The third-order valence-electron chi connectivity index (χ3n) is 4.61. The second-order valence-electron chi connectivity index (χ2n) is 6.98. The van der Waals surface area contributed by atoms with Gasteiger partial charge < -0.3 is 14.8 Å². The summed E-state index contributed by atoms with van der Waals surface area (Å²) in [7, 11) is 0. The molecule has 0 radical (unpaired) electrons. The van der Waals surface area contributed by atoms with Crippen LogP contribution in [0.3, 0.4) is 0 Å². The number of amides is 1. The molecular formula is C25H20ClFN2O3S. The fourth-order valence-electron chi connectivity index (χ4n) is 3.04. The number of hydrogen-bond acceptors (Lipinski definition) is 5. The maximum Gasteiger partial charge on any atom is 0.264 e. The first-order valence-corrected chi connectivity index (χ1v) is 11.4. The van der Waals surface area contributed by atoms with Crippen molar-refractivity contribution in [3.05, 3.63) is 93.6 Å². The fourth-order valence-corrected chi connectivity index (χ4v) is 4.07. The lowest BCUT2D eigenvalue weighted by molar-refractivity contribution is -0.115. The van der Waals surface area contributed by atoms with E-state index < -0.39 is 0 Å². The highest BCUT2D eigenvalue weighted by atomic mass is 35.5. The number of benzene rings is 3. The number of rotatable bonds is 7. The molecule has 1 aliphatic heterocycles. The monoisotopic (exact) mass is 482 g/mol. The van der Waals surface area contributed by atoms with Crippen molar-refractivity contribution in [3.8, 4) is 11.5 Å². The zero-order valence-electron chi connectivity index (χ0n) is 17.7. The van der Waals surface area contributed by atoms with E-state index in [1.165, 1.54) is 23.9 Å². The van der Waals surface area contributed by atoms with Crippen LogP contribution in [0.25, 0.3) is 6.08 Å². The van der Waals surface area contributed by atoms with Gasteiger partial charge in [-0.25, -0.2) is 9.38 Å². The minimum absolute atomic E-state index is 0.252. The summed E-state index contributed by atoms with van der Waals surface area (Å²) in [6, 6.07) is 18.7. The molecule has 33 heavy (non-hydrogen) atoms. The molecule has 0 aliphatic carbocycles. The van der Waals surface area contributed by atoms with Crippen LogP contribution in [0.2, 0.25) is 5.02 Å². The Balaban J connectivity index is 1.51. The second-order valence-corrected chi connectivity index (χ2v) is 8.42. The van der Waals surface area contributed by atoms with Crippen LogP contribution < -0.4 is 14.8 Å². The lowest BCUT2D eigenvalue weighted by atomic mass is 10.2. The molecule has 4 rings (SSSR count). The number of amidine groups is 1. The molecule has 1 amide bonds. The van der Waals surface area contributed by atoms with E-state index in [2.05, 4.69) is 10.3 Å². The van der Waals surface area contributed by atoms with E-state index in [-0.39, 0.29) is 11.7 Å². The molecule has 1 fully saturated rings. The zero-order chi connectivity index (χ0) is 23.2. The number of thioether (sulfide) groups is 1. The van der Waals surface area contributed by atoms with Crippen LogP contribution in [0.5, 0.6) is 11.5 Å². The fraction of sp³-hybridized carbons (Fsp3) is 0.120. The summed E-state index contributed by atoms with van der Waals surface area (Å²) in [5, 5.41) is 3.80. The summed E-state index contributed by atoms with van der Waals surface area (Å²) in [6.45, 7) is 2.66. The molecule has 1 aliphatic rings. The van der Waals surface area contributed by atoms with Crippen molar-refractivity contribution in [2.24, 2.45) is 4.99 Å². The van der Waals surface area contributed by atoms with Crippen molar-refractivity contribution in [1.29, 1.82) is 0 Å². The van der Waals surface area contributed by atoms with Crippen LogP contribution >= 0.6 is 23.4 Å². The van der Waals surface area contributed by atoms with Gasteiger partial charge in [0.1, 0.15) is 12.4 Å². The van der Waals surface area contributed by atoms with Gasteiger partial charge in [0.05, 0.1) is 17.2 Å². The van der Waals surface area contributed by atoms with Crippen LogP contribution in [-0.4, -0.2) is 17.7 Å². The Morgan fingerprint density at radius 2 is 1.85 bits per heavy atom. The molecule has 3 aromatic carbocycles. The van der Waals surface area contributed by atoms with Crippen LogP contribution in [0.4, 0.5) is 10.1 Å². The highest BCUT2D eigenvalue weighted by Gasteiger charge is 2.24. The first-order valence-electron chi connectivity index (χ1n) is 10.2. The van der Waals surface area contributed by atoms with E-state index >= 15 is 0 Å². The van der Waals surface area contributed by atoms with Crippen molar-refractivity contribution in [2.75, 3.05) is 6.61 Å². The molecule has 168 valence electrons. The molecule has 1 heterocycles. The molecule has 5 nitrogen and oxygen atoms in total. The molecule has 0 atom stereocenters. The SMILES string of the molecule is CCOc1cc(C=C2SC(=Nc3ccc(F)cc3)NC2=O)ccc1OCc1ccccc1Cl. The van der Waals surface area contributed by atoms with E-state index in [1.54, 1.807) is 24.3 Å². The molecule has 1 saturated heterocycles. The highest BCUT2D eigenvalue weighted by molar-refractivity contribution is 8.18. The number of nitrogens with zero attached hydrogens (tertiary/aromatic N) is 1. The first kappa shape index (κ1) is 22.9. The van der Waals surface area contributed by atoms with Crippen molar-refractivity contribution in [3.63, 3.8) is 0 Å². The number of carbonyl (C=O) groups excluding carboxylic acids is 1. The van der Waals surface area contributed by atoms with Gasteiger partial charge in [-0.3, -0.25) is 4.79 Å². The van der Waals surface area contributed by atoms with Gasteiger partial charge in [-0.15, -0.1) is 0 Å². The Labute approximate surface area is 200 Å². The molecule has 3 aromatic rings. The quantitative estimate of drug-likeness (QED) is 0.399. The Morgan fingerprint density at radius 1 is 1.06 bits per heavy atom. The topological polar surface area (TPSA) is 59.9 Å². The standard InChI is InChI=1S/C25H20ClFN2O3S/c1-2-31-22-13-16(7-12-21(22)32-15-17-5-3-4-6-20(17)26)14-23-24(30)29-25(33-23)28-19-10-8-18(27)9-11-19/h3-14H,2,15H2,1H3,(H,28,29,30). The van der Waals surface area contributed by atoms with E-state index in [0.29, 0.717) is 45.5 Å². The summed E-state index contributed by atoms with van der Waals surface area (Å²) in [5.74, 6) is 0.563. The Hall–Kier alpha value is -3.29. The van der Waals surface area contributed by atoms with Crippen molar-refractivity contribution < 1.29 is 18.7 Å². The molecule has 0 bridgehead atoms.